The van der Waals surface area contributed by atoms with E-state index in [-0.39, 0.29) is 5.60 Å². The fourth-order valence-electron chi connectivity index (χ4n) is 3.64. The Morgan fingerprint density at radius 3 is 2.58 bits per heavy atom. The predicted molar refractivity (Wildman–Crippen MR) is 96.8 cm³/mol. The summed E-state index contributed by atoms with van der Waals surface area (Å²) in [6.45, 7) is 1.32. The first-order valence-corrected chi connectivity index (χ1v) is 8.60. The van der Waals surface area contributed by atoms with Crippen LogP contribution in [0.15, 0.2) is 47.5 Å². The molecule has 2 aromatic rings. The first-order chi connectivity index (χ1) is 12.7. The molecular weight excluding hydrogens is 326 g/mol. The molecule has 2 aromatic carbocycles. The molecule has 4 rings (SSSR count). The smallest absolute Gasteiger partial charge is 0.205 e. The number of benzene rings is 2. The van der Waals surface area contributed by atoms with Crippen LogP contribution in [0.3, 0.4) is 0 Å². The van der Waals surface area contributed by atoms with Crippen LogP contribution in [0.25, 0.3) is 11.1 Å². The molecule has 5 nitrogen and oxygen atoms in total. The SMILES string of the molecule is N#CN=C1CC2(CCOCC2)Oc2ccc(-c3cccc(C#N)c3)cc21. The average molecular weight is 343 g/mol. The third-order valence-corrected chi connectivity index (χ3v) is 5.02. The standard InChI is InChI=1S/C21H17N3O2/c22-13-15-2-1-3-16(10-15)17-4-5-20-18(11-17)19(24-14-23)12-21(26-20)6-8-25-9-7-21/h1-5,10-11H,6-9,12H2. The van der Waals surface area contributed by atoms with Crippen molar-refractivity contribution in [2.24, 2.45) is 4.99 Å². The van der Waals surface area contributed by atoms with E-state index in [0.717, 1.165) is 41.0 Å². The van der Waals surface area contributed by atoms with Gasteiger partial charge < -0.3 is 9.47 Å². The van der Waals surface area contributed by atoms with Crippen LogP contribution in [0.5, 0.6) is 5.75 Å². The summed E-state index contributed by atoms with van der Waals surface area (Å²) in [7, 11) is 0. The Kier molecular flexibility index (Phi) is 4.16. The minimum atomic E-state index is -0.330. The second-order valence-electron chi connectivity index (χ2n) is 6.64. The molecule has 0 amide bonds. The van der Waals surface area contributed by atoms with Crippen LogP contribution < -0.4 is 4.74 Å². The number of rotatable bonds is 1. The molecule has 0 aromatic heterocycles. The molecule has 2 aliphatic rings. The van der Waals surface area contributed by atoms with Crippen LogP contribution >= 0.6 is 0 Å². The zero-order valence-electron chi connectivity index (χ0n) is 14.2. The summed E-state index contributed by atoms with van der Waals surface area (Å²) in [5, 5.41) is 18.3. The van der Waals surface area contributed by atoms with Crippen molar-refractivity contribution >= 4 is 5.71 Å². The lowest BCUT2D eigenvalue weighted by atomic mass is 9.83. The first kappa shape index (κ1) is 16.3. The molecule has 1 spiro atoms. The van der Waals surface area contributed by atoms with Gasteiger partial charge in [-0.15, -0.1) is 0 Å². The largest absolute Gasteiger partial charge is 0.486 e. The quantitative estimate of drug-likeness (QED) is 0.737. The van der Waals surface area contributed by atoms with Crippen LogP contribution in [-0.2, 0) is 4.74 Å². The number of hydrogen-bond donors (Lipinski definition) is 0. The molecule has 0 saturated carbocycles. The molecule has 0 aliphatic carbocycles. The topological polar surface area (TPSA) is 78.4 Å². The van der Waals surface area contributed by atoms with Gasteiger partial charge in [0.1, 0.15) is 11.4 Å². The minimum Gasteiger partial charge on any atom is -0.486 e. The number of nitriles is 2. The van der Waals surface area contributed by atoms with Crippen molar-refractivity contribution in [3.8, 4) is 29.1 Å². The Balaban J connectivity index is 1.77. The molecular formula is C21H17N3O2. The van der Waals surface area contributed by atoms with Gasteiger partial charge in [-0.1, -0.05) is 18.2 Å². The van der Waals surface area contributed by atoms with Gasteiger partial charge in [0.25, 0.3) is 0 Å². The fourth-order valence-corrected chi connectivity index (χ4v) is 3.64. The Labute approximate surface area is 152 Å². The van der Waals surface area contributed by atoms with Gasteiger partial charge in [-0.3, -0.25) is 0 Å². The van der Waals surface area contributed by atoms with E-state index in [1.165, 1.54) is 0 Å². The van der Waals surface area contributed by atoms with Gasteiger partial charge in [0.15, 0.2) is 0 Å². The lowest BCUT2D eigenvalue weighted by Crippen LogP contribution is -2.46. The van der Waals surface area contributed by atoms with Gasteiger partial charge in [0, 0.05) is 24.8 Å². The third kappa shape index (κ3) is 2.94. The molecule has 128 valence electrons. The molecule has 1 saturated heterocycles. The average Bonchev–Trinajstić information content (AvgIpc) is 2.68. The highest BCUT2D eigenvalue weighted by atomic mass is 16.5. The van der Waals surface area contributed by atoms with Gasteiger partial charge in [-0.25, -0.2) is 0 Å². The zero-order chi connectivity index (χ0) is 18.0. The third-order valence-electron chi connectivity index (χ3n) is 5.02. The number of fused-ring (bicyclic) bond motifs is 1. The summed E-state index contributed by atoms with van der Waals surface area (Å²) in [5.74, 6) is 0.757. The predicted octanol–water partition coefficient (Wildman–Crippen LogP) is 3.83. The van der Waals surface area contributed by atoms with Gasteiger partial charge >= 0.3 is 0 Å². The van der Waals surface area contributed by atoms with E-state index in [0.29, 0.717) is 25.2 Å². The summed E-state index contributed by atoms with van der Waals surface area (Å²) in [6.07, 6.45) is 4.13. The number of nitrogens with zero attached hydrogens (tertiary/aromatic N) is 3. The molecule has 0 radical (unpaired) electrons. The lowest BCUT2D eigenvalue weighted by molar-refractivity contribution is -0.0441. The summed E-state index contributed by atoms with van der Waals surface area (Å²) < 4.78 is 11.8. The summed E-state index contributed by atoms with van der Waals surface area (Å²) in [6, 6.07) is 15.5. The molecule has 1 fully saturated rings. The van der Waals surface area contributed by atoms with Crippen molar-refractivity contribution in [2.45, 2.75) is 24.9 Å². The van der Waals surface area contributed by atoms with Crippen molar-refractivity contribution in [1.29, 1.82) is 10.5 Å². The Bertz CT molecular complexity index is 960. The van der Waals surface area contributed by atoms with E-state index in [1.807, 2.05) is 42.6 Å². The normalized spacial score (nSPS) is 19.2. The summed E-state index contributed by atoms with van der Waals surface area (Å²) in [5.41, 5.74) is 3.82. The maximum atomic E-state index is 9.15. The molecule has 2 heterocycles. The van der Waals surface area contributed by atoms with Crippen molar-refractivity contribution in [3.63, 3.8) is 0 Å². The van der Waals surface area contributed by atoms with Crippen molar-refractivity contribution < 1.29 is 9.47 Å². The highest BCUT2D eigenvalue weighted by Crippen LogP contribution is 2.40. The Hall–Kier alpha value is -3.15. The van der Waals surface area contributed by atoms with Crippen LogP contribution in [0, 0.1) is 22.8 Å². The van der Waals surface area contributed by atoms with Crippen LogP contribution in [0.2, 0.25) is 0 Å². The van der Waals surface area contributed by atoms with Crippen LogP contribution in [0.1, 0.15) is 30.4 Å². The molecule has 0 bridgehead atoms. The van der Waals surface area contributed by atoms with E-state index in [9.17, 15) is 0 Å². The second-order valence-corrected chi connectivity index (χ2v) is 6.64. The maximum absolute atomic E-state index is 9.15. The van der Waals surface area contributed by atoms with Crippen LogP contribution in [-0.4, -0.2) is 24.5 Å². The van der Waals surface area contributed by atoms with Gasteiger partial charge in [0.05, 0.1) is 30.6 Å². The first-order valence-electron chi connectivity index (χ1n) is 8.60. The van der Waals surface area contributed by atoms with Gasteiger partial charge in [0.2, 0.25) is 6.19 Å². The number of hydrogen-bond acceptors (Lipinski definition) is 5. The van der Waals surface area contributed by atoms with Crippen LogP contribution in [0.4, 0.5) is 0 Å². The van der Waals surface area contributed by atoms with E-state index in [2.05, 4.69) is 11.1 Å². The molecule has 0 unspecified atom stereocenters. The van der Waals surface area contributed by atoms with Gasteiger partial charge in [-0.2, -0.15) is 15.5 Å². The molecule has 2 aliphatic heterocycles. The summed E-state index contributed by atoms with van der Waals surface area (Å²) >= 11 is 0. The monoisotopic (exact) mass is 343 g/mol. The fraction of sp³-hybridized carbons (Fsp3) is 0.286. The van der Waals surface area contributed by atoms with Crippen molar-refractivity contribution in [2.75, 3.05) is 13.2 Å². The Morgan fingerprint density at radius 1 is 1.00 bits per heavy atom. The zero-order valence-corrected chi connectivity index (χ0v) is 14.2. The van der Waals surface area contributed by atoms with E-state index >= 15 is 0 Å². The van der Waals surface area contributed by atoms with E-state index in [1.54, 1.807) is 6.07 Å². The molecule has 0 N–H and O–H groups in total. The number of aliphatic imine (C=N–C) groups is 1. The highest BCUT2D eigenvalue weighted by molar-refractivity contribution is 6.05. The van der Waals surface area contributed by atoms with Crippen molar-refractivity contribution in [1.82, 2.24) is 0 Å². The highest BCUT2D eigenvalue weighted by Gasteiger charge is 2.41. The minimum absolute atomic E-state index is 0.330. The molecule has 26 heavy (non-hydrogen) atoms. The lowest BCUT2D eigenvalue weighted by Gasteiger charge is -2.41. The maximum Gasteiger partial charge on any atom is 0.205 e. The van der Waals surface area contributed by atoms with E-state index in [4.69, 9.17) is 20.0 Å². The summed E-state index contributed by atoms with van der Waals surface area (Å²) in [4.78, 5) is 4.09. The van der Waals surface area contributed by atoms with E-state index < -0.39 is 0 Å². The number of ether oxygens (including phenoxy) is 2. The second kappa shape index (κ2) is 6.63. The van der Waals surface area contributed by atoms with Crippen molar-refractivity contribution in [3.05, 3.63) is 53.6 Å². The molecule has 0 atom stereocenters. The van der Waals surface area contributed by atoms with Gasteiger partial charge in [-0.05, 0) is 35.4 Å². The molecule has 5 heteroatoms. The Morgan fingerprint density at radius 2 is 1.81 bits per heavy atom.